The Bertz CT molecular complexity index is 119. The highest BCUT2D eigenvalue weighted by molar-refractivity contribution is 7.49. The van der Waals surface area contributed by atoms with Crippen molar-refractivity contribution >= 4 is 8.38 Å². The van der Waals surface area contributed by atoms with Gasteiger partial charge in [-0.1, -0.05) is 20.8 Å². The Morgan fingerprint density at radius 3 is 2.20 bits per heavy atom. The summed E-state index contributed by atoms with van der Waals surface area (Å²) in [5, 5.41) is 0.181. The first kappa shape index (κ1) is 8.45. The summed E-state index contributed by atoms with van der Waals surface area (Å²) in [5.74, 6) is 0. The van der Waals surface area contributed by atoms with Gasteiger partial charge in [0, 0.05) is 5.16 Å². The highest BCUT2D eigenvalue weighted by Gasteiger charge is 2.34. The fraction of sp³-hybridized carbons (Fsp3) is 1.00. The van der Waals surface area contributed by atoms with Crippen molar-refractivity contribution in [3.63, 3.8) is 0 Å². The molecule has 0 aromatic heterocycles. The van der Waals surface area contributed by atoms with Gasteiger partial charge < -0.3 is 9.05 Å². The van der Waals surface area contributed by atoms with Gasteiger partial charge in [0.1, 0.15) is 0 Å². The Kier molecular flexibility index (Phi) is 2.34. The average Bonchev–Trinajstić information content (AvgIpc) is 2.11. The quantitative estimate of drug-likeness (QED) is 0.509. The van der Waals surface area contributed by atoms with Crippen LogP contribution in [0.2, 0.25) is 0 Å². The van der Waals surface area contributed by atoms with Crippen LogP contribution in [-0.4, -0.2) is 17.9 Å². The van der Waals surface area contributed by atoms with Crippen molar-refractivity contribution in [2.24, 2.45) is 0 Å². The fourth-order valence-electron chi connectivity index (χ4n) is 0.749. The van der Waals surface area contributed by atoms with E-state index in [4.69, 9.17) is 9.05 Å². The smallest absolute Gasteiger partial charge is 0.176 e. The lowest BCUT2D eigenvalue weighted by Crippen LogP contribution is -2.11. The molecule has 0 aliphatic carbocycles. The summed E-state index contributed by atoms with van der Waals surface area (Å²) >= 11 is 0. The van der Waals surface area contributed by atoms with E-state index in [1.54, 1.807) is 0 Å². The zero-order chi connectivity index (χ0) is 7.78. The third kappa shape index (κ3) is 1.91. The Morgan fingerprint density at radius 2 is 2.00 bits per heavy atom. The van der Waals surface area contributed by atoms with Crippen molar-refractivity contribution in [2.45, 2.75) is 39.0 Å². The average molecular weight is 162 g/mol. The first-order valence-corrected chi connectivity index (χ1v) is 4.78. The van der Waals surface area contributed by atoms with Crippen LogP contribution in [0.15, 0.2) is 0 Å². The maximum Gasteiger partial charge on any atom is 0.176 e. The van der Waals surface area contributed by atoms with Crippen molar-refractivity contribution < 1.29 is 9.05 Å². The van der Waals surface area contributed by atoms with Crippen LogP contribution in [0.25, 0.3) is 0 Å². The van der Waals surface area contributed by atoms with E-state index in [1.807, 2.05) is 6.92 Å². The second-order valence-corrected chi connectivity index (χ2v) is 5.96. The van der Waals surface area contributed by atoms with Gasteiger partial charge in [0.15, 0.2) is 8.38 Å². The van der Waals surface area contributed by atoms with Crippen LogP contribution in [0.5, 0.6) is 0 Å². The number of rotatable bonds is 0. The lowest BCUT2D eigenvalue weighted by molar-refractivity contribution is 0.261. The predicted molar refractivity (Wildman–Crippen MR) is 43.2 cm³/mol. The van der Waals surface area contributed by atoms with E-state index < -0.39 is 8.38 Å². The van der Waals surface area contributed by atoms with Gasteiger partial charge in [-0.15, -0.1) is 0 Å². The number of hydrogen-bond donors (Lipinski definition) is 0. The molecular formula is C7H15O2P. The molecule has 0 N–H and O–H groups in total. The van der Waals surface area contributed by atoms with E-state index in [1.165, 1.54) is 0 Å². The van der Waals surface area contributed by atoms with E-state index in [0.717, 1.165) is 6.61 Å². The summed E-state index contributed by atoms with van der Waals surface area (Å²) in [6, 6.07) is 0. The maximum absolute atomic E-state index is 5.57. The highest BCUT2D eigenvalue weighted by atomic mass is 31.2. The van der Waals surface area contributed by atoms with Crippen LogP contribution in [0.3, 0.4) is 0 Å². The lowest BCUT2D eigenvalue weighted by Gasteiger charge is -2.23. The fourth-order valence-corrected chi connectivity index (χ4v) is 2.25. The zero-order valence-corrected chi connectivity index (χ0v) is 7.94. The molecule has 1 saturated heterocycles. The van der Waals surface area contributed by atoms with E-state index >= 15 is 0 Å². The second-order valence-electron chi connectivity index (χ2n) is 3.64. The van der Waals surface area contributed by atoms with Crippen molar-refractivity contribution in [1.82, 2.24) is 0 Å². The van der Waals surface area contributed by atoms with Crippen LogP contribution >= 0.6 is 8.38 Å². The van der Waals surface area contributed by atoms with Crippen molar-refractivity contribution in [3.8, 4) is 0 Å². The Hall–Kier alpha value is 0.350. The van der Waals surface area contributed by atoms with Gasteiger partial charge in [-0.3, -0.25) is 0 Å². The van der Waals surface area contributed by atoms with Crippen LogP contribution in [0, 0.1) is 0 Å². The highest BCUT2D eigenvalue weighted by Crippen LogP contribution is 2.55. The monoisotopic (exact) mass is 162 g/mol. The molecule has 0 saturated carbocycles. The van der Waals surface area contributed by atoms with Crippen molar-refractivity contribution in [1.29, 1.82) is 0 Å². The van der Waals surface area contributed by atoms with Crippen LogP contribution in [-0.2, 0) is 9.05 Å². The first-order valence-electron chi connectivity index (χ1n) is 3.60. The molecule has 0 radical (unpaired) electrons. The molecule has 1 heterocycles. The van der Waals surface area contributed by atoms with Gasteiger partial charge in [0.25, 0.3) is 0 Å². The molecular weight excluding hydrogens is 147 g/mol. The molecule has 1 aliphatic rings. The SMILES string of the molecule is C[C@@H]1CO[P@](C(C)(C)C)O1. The van der Waals surface area contributed by atoms with Crippen LogP contribution in [0.1, 0.15) is 27.7 Å². The zero-order valence-electron chi connectivity index (χ0n) is 7.05. The minimum Gasteiger partial charge on any atom is -0.331 e. The standard InChI is InChI=1S/C7H15O2P/c1-6-5-8-10(9-6)7(2,3)4/h6H,5H2,1-4H3/t6-,10+/m1/s1. The molecule has 1 aliphatic heterocycles. The van der Waals surface area contributed by atoms with Gasteiger partial charge in [0.05, 0.1) is 12.7 Å². The molecule has 0 unspecified atom stereocenters. The summed E-state index contributed by atoms with van der Waals surface area (Å²) in [4.78, 5) is 0. The summed E-state index contributed by atoms with van der Waals surface area (Å²) in [5.41, 5.74) is 0. The molecule has 0 amide bonds. The molecule has 60 valence electrons. The molecule has 2 nitrogen and oxygen atoms in total. The van der Waals surface area contributed by atoms with E-state index in [9.17, 15) is 0 Å². The van der Waals surface area contributed by atoms with Crippen molar-refractivity contribution in [2.75, 3.05) is 6.61 Å². The predicted octanol–water partition coefficient (Wildman–Crippen LogP) is 2.53. The van der Waals surface area contributed by atoms with Gasteiger partial charge in [0.2, 0.25) is 0 Å². The minimum atomic E-state index is -0.626. The Labute approximate surface area is 63.8 Å². The van der Waals surface area contributed by atoms with Crippen molar-refractivity contribution in [3.05, 3.63) is 0 Å². The van der Waals surface area contributed by atoms with Gasteiger partial charge in [-0.25, -0.2) is 0 Å². The first-order chi connectivity index (χ1) is 4.50. The molecule has 0 aromatic carbocycles. The molecule has 3 heteroatoms. The summed E-state index contributed by atoms with van der Waals surface area (Å²) in [6.45, 7) is 9.27. The van der Waals surface area contributed by atoms with E-state index in [0.29, 0.717) is 6.10 Å². The van der Waals surface area contributed by atoms with Crippen LogP contribution in [0.4, 0.5) is 0 Å². The topological polar surface area (TPSA) is 18.5 Å². The third-order valence-electron chi connectivity index (χ3n) is 1.25. The van der Waals surface area contributed by atoms with E-state index in [-0.39, 0.29) is 5.16 Å². The Balaban J connectivity index is 2.45. The lowest BCUT2D eigenvalue weighted by atomic mass is 10.3. The van der Waals surface area contributed by atoms with Gasteiger partial charge in [-0.2, -0.15) is 0 Å². The molecule has 10 heavy (non-hydrogen) atoms. The van der Waals surface area contributed by atoms with Gasteiger partial charge in [-0.05, 0) is 6.92 Å². The molecule has 2 atom stereocenters. The number of hydrogen-bond acceptors (Lipinski definition) is 2. The maximum atomic E-state index is 5.57. The third-order valence-corrected chi connectivity index (χ3v) is 3.28. The second kappa shape index (κ2) is 2.77. The molecule has 1 fully saturated rings. The molecule has 0 bridgehead atoms. The van der Waals surface area contributed by atoms with Crippen LogP contribution < -0.4 is 0 Å². The Morgan fingerprint density at radius 1 is 1.40 bits per heavy atom. The molecule has 0 spiro atoms. The minimum absolute atomic E-state index is 0.181. The largest absolute Gasteiger partial charge is 0.331 e. The van der Waals surface area contributed by atoms with E-state index in [2.05, 4.69) is 20.8 Å². The normalized spacial score (nSPS) is 34.8. The van der Waals surface area contributed by atoms with Gasteiger partial charge >= 0.3 is 0 Å². The molecule has 1 rings (SSSR count). The summed E-state index contributed by atoms with van der Waals surface area (Å²) in [6.07, 6.45) is 0.297. The molecule has 0 aromatic rings. The summed E-state index contributed by atoms with van der Waals surface area (Å²) < 4.78 is 11.0. The summed E-state index contributed by atoms with van der Waals surface area (Å²) in [7, 11) is -0.626.